The number of rotatable bonds is 1. The first-order valence-corrected chi connectivity index (χ1v) is 9.95. The van der Waals surface area contributed by atoms with Crippen molar-refractivity contribution >= 4 is 27.5 Å². The number of amides is 1. The second-order valence-corrected chi connectivity index (χ2v) is 8.18. The number of fused-ring (bicyclic) bond motifs is 2. The van der Waals surface area contributed by atoms with Crippen LogP contribution >= 0.6 is 11.3 Å². The number of piperidine rings is 1. The van der Waals surface area contributed by atoms with Crippen LogP contribution in [0.15, 0.2) is 4.79 Å². The van der Waals surface area contributed by atoms with E-state index in [1.165, 1.54) is 11.3 Å². The van der Waals surface area contributed by atoms with Crippen LogP contribution in [0.4, 0.5) is 0 Å². The van der Waals surface area contributed by atoms with Gasteiger partial charge < -0.3 is 10.6 Å². The lowest BCUT2D eigenvalue weighted by molar-refractivity contribution is 0.0713. The molecule has 2 aliphatic rings. The van der Waals surface area contributed by atoms with Gasteiger partial charge in [0, 0.05) is 32.1 Å². The summed E-state index contributed by atoms with van der Waals surface area (Å²) in [6, 6.07) is 0.0483. The van der Waals surface area contributed by atoms with Crippen LogP contribution in [0.3, 0.4) is 0 Å². The molecule has 0 bridgehead atoms. The van der Waals surface area contributed by atoms with Crippen LogP contribution in [-0.2, 0) is 13.0 Å². The molecule has 2 aromatic rings. The number of carbonyl (C=O) groups excluding carboxylic acids is 1. The number of hydrogen-bond donors (Lipinski definition) is 1. The summed E-state index contributed by atoms with van der Waals surface area (Å²) in [5, 5.41) is 0.625. The van der Waals surface area contributed by atoms with E-state index in [9.17, 15) is 9.59 Å². The molecule has 6 nitrogen and oxygen atoms in total. The van der Waals surface area contributed by atoms with Gasteiger partial charge in [-0.3, -0.25) is 14.2 Å². The van der Waals surface area contributed by atoms with Gasteiger partial charge in [-0.1, -0.05) is 6.42 Å². The highest BCUT2D eigenvalue weighted by molar-refractivity contribution is 7.20. The van der Waals surface area contributed by atoms with Crippen LogP contribution in [0.2, 0.25) is 0 Å². The molecule has 2 aromatic heterocycles. The molecule has 0 radical (unpaired) electrons. The average Bonchev–Trinajstić information content (AvgIpc) is 2.77. The third kappa shape index (κ3) is 2.89. The molecule has 0 spiro atoms. The van der Waals surface area contributed by atoms with Gasteiger partial charge in [0.25, 0.3) is 11.5 Å². The normalized spacial score (nSPS) is 21.2. The number of nitrogens with two attached hydrogens (primary N) is 1. The first-order valence-electron chi connectivity index (χ1n) is 9.14. The minimum absolute atomic E-state index is 0.00440. The van der Waals surface area contributed by atoms with E-state index < -0.39 is 0 Å². The van der Waals surface area contributed by atoms with E-state index in [1.807, 2.05) is 16.4 Å². The standard InChI is InChI=1S/C18H24N4O2S/c1-11-14-16(20-13-7-3-2-4-9-22(13)17(14)23)25-15(11)18(24)21-8-5-6-12(19)10-21/h12H,2-10,19H2,1H3. The molecule has 1 unspecified atom stereocenters. The Hall–Kier alpha value is -1.73. The lowest BCUT2D eigenvalue weighted by Gasteiger charge is -2.30. The zero-order valence-electron chi connectivity index (χ0n) is 14.6. The summed E-state index contributed by atoms with van der Waals surface area (Å²) in [5.41, 5.74) is 6.82. The Bertz CT molecular complexity index is 885. The number of aryl methyl sites for hydroxylation is 2. The van der Waals surface area contributed by atoms with Gasteiger partial charge in [0.2, 0.25) is 0 Å². The minimum atomic E-state index is -0.00440. The maximum Gasteiger partial charge on any atom is 0.264 e. The fraction of sp³-hybridized carbons (Fsp3) is 0.611. The van der Waals surface area contributed by atoms with Crippen LogP contribution in [0.1, 0.15) is 53.2 Å². The van der Waals surface area contributed by atoms with E-state index in [2.05, 4.69) is 0 Å². The Morgan fingerprint density at radius 1 is 1.24 bits per heavy atom. The predicted molar refractivity (Wildman–Crippen MR) is 99.3 cm³/mol. The smallest absolute Gasteiger partial charge is 0.264 e. The molecule has 4 rings (SSSR count). The van der Waals surface area contributed by atoms with Gasteiger partial charge in [-0.05, 0) is 38.2 Å². The summed E-state index contributed by atoms with van der Waals surface area (Å²) < 4.78 is 1.82. The molecule has 4 heterocycles. The van der Waals surface area contributed by atoms with E-state index in [0.717, 1.165) is 63.0 Å². The van der Waals surface area contributed by atoms with E-state index in [4.69, 9.17) is 10.7 Å². The number of likely N-dealkylation sites (tertiary alicyclic amines) is 1. The molecule has 2 aliphatic heterocycles. The first-order chi connectivity index (χ1) is 12.1. The summed E-state index contributed by atoms with van der Waals surface area (Å²) >= 11 is 1.36. The molecule has 25 heavy (non-hydrogen) atoms. The highest BCUT2D eigenvalue weighted by Crippen LogP contribution is 2.30. The Morgan fingerprint density at radius 2 is 2.08 bits per heavy atom. The van der Waals surface area contributed by atoms with Crippen LogP contribution < -0.4 is 11.3 Å². The molecule has 0 saturated carbocycles. The van der Waals surface area contributed by atoms with Crippen molar-refractivity contribution in [1.29, 1.82) is 0 Å². The Labute approximate surface area is 150 Å². The molecule has 1 amide bonds. The SMILES string of the molecule is Cc1c(C(=O)N2CCCC(N)C2)sc2nc3n(c(=O)c12)CCCCC3. The zero-order valence-corrected chi connectivity index (χ0v) is 15.4. The summed E-state index contributed by atoms with van der Waals surface area (Å²) in [4.78, 5) is 33.9. The van der Waals surface area contributed by atoms with Crippen molar-refractivity contribution in [2.45, 2.75) is 58.0 Å². The molecule has 2 N–H and O–H groups in total. The van der Waals surface area contributed by atoms with Crippen molar-refractivity contribution in [3.05, 3.63) is 26.6 Å². The van der Waals surface area contributed by atoms with Crippen LogP contribution in [-0.4, -0.2) is 39.5 Å². The third-order valence-electron chi connectivity index (χ3n) is 5.35. The van der Waals surface area contributed by atoms with Crippen molar-refractivity contribution in [3.63, 3.8) is 0 Å². The van der Waals surface area contributed by atoms with Crippen LogP contribution in [0.25, 0.3) is 10.2 Å². The van der Waals surface area contributed by atoms with Crippen molar-refractivity contribution < 1.29 is 4.79 Å². The molecule has 7 heteroatoms. The maximum absolute atomic E-state index is 13.0. The lowest BCUT2D eigenvalue weighted by atomic mass is 10.1. The highest BCUT2D eigenvalue weighted by atomic mass is 32.1. The summed E-state index contributed by atoms with van der Waals surface area (Å²) in [7, 11) is 0. The molecule has 134 valence electrons. The van der Waals surface area contributed by atoms with Gasteiger partial charge in [0.15, 0.2) is 0 Å². The number of thiophene rings is 1. The number of carbonyl (C=O) groups is 1. The van der Waals surface area contributed by atoms with E-state index in [0.29, 0.717) is 21.6 Å². The van der Waals surface area contributed by atoms with Gasteiger partial charge in [0.05, 0.1) is 10.3 Å². The van der Waals surface area contributed by atoms with E-state index >= 15 is 0 Å². The average molecular weight is 360 g/mol. The predicted octanol–water partition coefficient (Wildman–Crippen LogP) is 2.06. The fourth-order valence-electron chi connectivity index (χ4n) is 3.95. The molecule has 0 aromatic carbocycles. The summed E-state index contributed by atoms with van der Waals surface area (Å²) in [5.74, 6) is 0.866. The minimum Gasteiger partial charge on any atom is -0.336 e. The quantitative estimate of drug-likeness (QED) is 0.844. The van der Waals surface area contributed by atoms with Crippen molar-refractivity contribution in [1.82, 2.24) is 14.5 Å². The topological polar surface area (TPSA) is 81.2 Å². The third-order valence-corrected chi connectivity index (χ3v) is 6.52. The second-order valence-electron chi connectivity index (χ2n) is 7.19. The lowest BCUT2D eigenvalue weighted by Crippen LogP contribution is -2.45. The van der Waals surface area contributed by atoms with E-state index in [-0.39, 0.29) is 17.5 Å². The van der Waals surface area contributed by atoms with E-state index in [1.54, 1.807) is 0 Å². The van der Waals surface area contributed by atoms with Gasteiger partial charge >= 0.3 is 0 Å². The molecule has 1 atom stereocenters. The van der Waals surface area contributed by atoms with Gasteiger partial charge in [0.1, 0.15) is 10.7 Å². The van der Waals surface area contributed by atoms with Crippen molar-refractivity contribution in [2.24, 2.45) is 5.73 Å². The highest BCUT2D eigenvalue weighted by Gasteiger charge is 2.27. The first kappa shape index (κ1) is 16.7. The molecule has 1 saturated heterocycles. The zero-order chi connectivity index (χ0) is 17.6. The number of hydrogen-bond acceptors (Lipinski definition) is 5. The van der Waals surface area contributed by atoms with Crippen LogP contribution in [0, 0.1) is 6.92 Å². The van der Waals surface area contributed by atoms with Gasteiger partial charge in [-0.15, -0.1) is 11.3 Å². The maximum atomic E-state index is 13.0. The van der Waals surface area contributed by atoms with Crippen molar-refractivity contribution in [3.8, 4) is 0 Å². The summed E-state index contributed by atoms with van der Waals surface area (Å²) in [6.45, 7) is 3.94. The van der Waals surface area contributed by atoms with Crippen LogP contribution in [0.5, 0.6) is 0 Å². The molecule has 0 aliphatic carbocycles. The van der Waals surface area contributed by atoms with Crippen molar-refractivity contribution in [2.75, 3.05) is 13.1 Å². The Balaban J connectivity index is 1.79. The molecular weight excluding hydrogens is 336 g/mol. The van der Waals surface area contributed by atoms with Gasteiger partial charge in [-0.2, -0.15) is 0 Å². The number of aromatic nitrogens is 2. The largest absolute Gasteiger partial charge is 0.336 e. The van der Waals surface area contributed by atoms with Gasteiger partial charge in [-0.25, -0.2) is 4.98 Å². The fourth-order valence-corrected chi connectivity index (χ4v) is 5.11. The second kappa shape index (κ2) is 6.53. The Morgan fingerprint density at radius 3 is 2.88 bits per heavy atom. The molecule has 1 fully saturated rings. The number of nitrogens with zero attached hydrogens (tertiary/aromatic N) is 3. The Kier molecular flexibility index (Phi) is 4.37. The monoisotopic (exact) mass is 360 g/mol. The molecular formula is C18H24N4O2S. The summed E-state index contributed by atoms with van der Waals surface area (Å²) in [6.07, 6.45) is 5.96.